The molecule has 0 saturated carbocycles. The van der Waals surface area contributed by atoms with Crippen molar-refractivity contribution in [1.82, 2.24) is 9.97 Å². The number of ether oxygens (including phenoxy) is 1. The van der Waals surface area contributed by atoms with E-state index < -0.39 is 0 Å². The Bertz CT molecular complexity index is 557. The Balaban J connectivity index is 2.06. The number of methoxy groups -OCH3 is 1. The largest absolute Gasteiger partial charge is 0.469 e. The number of hydrogen-bond donors (Lipinski definition) is 0. The molecule has 0 amide bonds. The van der Waals surface area contributed by atoms with E-state index in [4.69, 9.17) is 0 Å². The van der Waals surface area contributed by atoms with Crippen LogP contribution in [-0.4, -0.2) is 29.6 Å². The molecule has 0 aliphatic rings. The van der Waals surface area contributed by atoms with Gasteiger partial charge in [0.2, 0.25) is 0 Å². The second-order valence-electron chi connectivity index (χ2n) is 4.24. The average Bonchev–Trinajstić information content (AvgIpc) is 2.94. The number of carbonyl (C=O) groups is 1. The number of pyridine rings is 1. The summed E-state index contributed by atoms with van der Waals surface area (Å²) in [6.45, 7) is 3.72. The Hall–Kier alpha value is -1.95. The van der Waals surface area contributed by atoms with Gasteiger partial charge in [-0.2, -0.15) is 0 Å². The van der Waals surface area contributed by atoms with Crippen molar-refractivity contribution < 1.29 is 9.53 Å². The zero-order chi connectivity index (χ0) is 14.4. The maximum atomic E-state index is 11.2. The summed E-state index contributed by atoms with van der Waals surface area (Å²) >= 11 is 1.55. The first kappa shape index (κ1) is 14.5. The predicted molar refractivity (Wildman–Crippen MR) is 78.8 cm³/mol. The molecule has 0 unspecified atom stereocenters. The summed E-state index contributed by atoms with van der Waals surface area (Å²) in [5, 5.41) is 2.82. The van der Waals surface area contributed by atoms with Crippen LogP contribution in [0.3, 0.4) is 0 Å². The number of hydrogen-bond acceptors (Lipinski definition) is 6. The lowest BCUT2D eigenvalue weighted by Gasteiger charge is -2.19. The third-order valence-electron chi connectivity index (χ3n) is 2.87. The van der Waals surface area contributed by atoms with Crippen LogP contribution >= 0.6 is 11.3 Å². The van der Waals surface area contributed by atoms with E-state index in [1.807, 2.05) is 17.5 Å². The summed E-state index contributed by atoms with van der Waals surface area (Å²) in [6.07, 6.45) is 3.79. The number of thiazole rings is 1. The lowest BCUT2D eigenvalue weighted by Crippen LogP contribution is -2.21. The van der Waals surface area contributed by atoms with E-state index in [1.54, 1.807) is 23.7 Å². The van der Waals surface area contributed by atoms with Gasteiger partial charge in [0.05, 0.1) is 19.2 Å². The first-order chi connectivity index (χ1) is 9.72. The highest BCUT2D eigenvalue weighted by Gasteiger charge is 2.12. The molecule has 0 spiro atoms. The molecule has 0 fully saturated rings. The number of esters is 1. The van der Waals surface area contributed by atoms with E-state index in [9.17, 15) is 4.79 Å². The second kappa shape index (κ2) is 7.00. The number of aromatic nitrogens is 2. The van der Waals surface area contributed by atoms with Gasteiger partial charge in [-0.15, -0.1) is 11.3 Å². The molecule has 0 N–H and O–H groups in total. The summed E-state index contributed by atoms with van der Waals surface area (Å²) in [4.78, 5) is 21.9. The van der Waals surface area contributed by atoms with E-state index >= 15 is 0 Å². The van der Waals surface area contributed by atoms with Gasteiger partial charge in [0.1, 0.15) is 0 Å². The minimum Gasteiger partial charge on any atom is -0.469 e. The fraction of sp³-hybridized carbons (Fsp3) is 0.357. The van der Waals surface area contributed by atoms with Gasteiger partial charge in [-0.25, -0.2) is 4.98 Å². The summed E-state index contributed by atoms with van der Waals surface area (Å²) < 4.78 is 4.65. The van der Waals surface area contributed by atoms with Gasteiger partial charge in [0, 0.05) is 30.9 Å². The molecular weight excluding hydrogens is 274 g/mol. The molecule has 20 heavy (non-hydrogen) atoms. The Kier molecular flexibility index (Phi) is 5.06. The van der Waals surface area contributed by atoms with Crippen LogP contribution < -0.4 is 4.90 Å². The van der Waals surface area contributed by atoms with Crippen molar-refractivity contribution >= 4 is 22.4 Å². The molecule has 0 atom stereocenters. The maximum absolute atomic E-state index is 11.2. The average molecular weight is 291 g/mol. The normalized spacial score (nSPS) is 10.3. The quantitative estimate of drug-likeness (QED) is 0.764. The molecule has 2 aromatic rings. The van der Waals surface area contributed by atoms with Crippen LogP contribution in [0.15, 0.2) is 29.9 Å². The van der Waals surface area contributed by atoms with Gasteiger partial charge < -0.3 is 9.64 Å². The van der Waals surface area contributed by atoms with Gasteiger partial charge in [0.15, 0.2) is 5.13 Å². The number of carbonyl (C=O) groups excluding carboxylic acids is 1. The lowest BCUT2D eigenvalue weighted by atomic mass is 10.2. The van der Waals surface area contributed by atoms with Gasteiger partial charge in [-0.3, -0.25) is 9.78 Å². The zero-order valence-corrected chi connectivity index (χ0v) is 12.4. The van der Waals surface area contributed by atoms with Crippen molar-refractivity contribution in [2.75, 3.05) is 18.6 Å². The first-order valence-electron chi connectivity index (χ1n) is 6.38. The van der Waals surface area contributed by atoms with Crippen molar-refractivity contribution in [2.45, 2.75) is 19.9 Å². The fourth-order valence-electron chi connectivity index (χ4n) is 1.77. The topological polar surface area (TPSA) is 55.3 Å². The zero-order valence-electron chi connectivity index (χ0n) is 11.6. The molecule has 0 radical (unpaired) electrons. The van der Waals surface area contributed by atoms with Crippen LogP contribution in [0.4, 0.5) is 5.13 Å². The van der Waals surface area contributed by atoms with Crippen LogP contribution in [0.25, 0.3) is 0 Å². The van der Waals surface area contributed by atoms with E-state index in [1.165, 1.54) is 12.7 Å². The van der Waals surface area contributed by atoms with Crippen molar-refractivity contribution in [1.29, 1.82) is 0 Å². The molecule has 2 rings (SSSR count). The Morgan fingerprint density at radius 1 is 1.40 bits per heavy atom. The first-order valence-corrected chi connectivity index (χ1v) is 7.26. The molecule has 0 aliphatic heterocycles. The molecule has 0 saturated heterocycles. The Morgan fingerprint density at radius 3 is 2.80 bits per heavy atom. The van der Waals surface area contributed by atoms with E-state index in [-0.39, 0.29) is 12.4 Å². The van der Waals surface area contributed by atoms with Crippen LogP contribution in [0.2, 0.25) is 0 Å². The van der Waals surface area contributed by atoms with Crippen molar-refractivity contribution in [3.05, 3.63) is 41.2 Å². The smallest absolute Gasteiger partial charge is 0.311 e. The molecule has 106 valence electrons. The molecule has 0 bridgehead atoms. The number of rotatable bonds is 6. The van der Waals surface area contributed by atoms with Crippen LogP contribution in [0.1, 0.15) is 18.2 Å². The fourth-order valence-corrected chi connectivity index (χ4v) is 2.66. The summed E-state index contributed by atoms with van der Waals surface area (Å²) in [7, 11) is 1.39. The molecule has 0 aliphatic carbocycles. The molecule has 6 heteroatoms. The monoisotopic (exact) mass is 291 g/mol. The second-order valence-corrected chi connectivity index (χ2v) is 5.08. The van der Waals surface area contributed by atoms with Gasteiger partial charge in [0.25, 0.3) is 0 Å². The van der Waals surface area contributed by atoms with E-state index in [2.05, 4.69) is 26.5 Å². The van der Waals surface area contributed by atoms with Crippen molar-refractivity contribution in [3.8, 4) is 0 Å². The third-order valence-corrected chi connectivity index (χ3v) is 3.82. The van der Waals surface area contributed by atoms with Crippen molar-refractivity contribution in [3.63, 3.8) is 0 Å². The summed E-state index contributed by atoms with van der Waals surface area (Å²) in [5.41, 5.74) is 1.94. The highest BCUT2D eigenvalue weighted by Crippen LogP contribution is 2.22. The highest BCUT2D eigenvalue weighted by atomic mass is 32.1. The Morgan fingerprint density at radius 2 is 2.15 bits per heavy atom. The summed E-state index contributed by atoms with van der Waals surface area (Å²) in [5.74, 6) is -0.265. The molecular formula is C14H17N3O2S. The number of anilines is 1. The Labute approximate surface area is 122 Å². The van der Waals surface area contributed by atoms with Crippen LogP contribution in [-0.2, 0) is 22.5 Å². The minimum absolute atomic E-state index is 0.222. The van der Waals surface area contributed by atoms with Crippen LogP contribution in [0.5, 0.6) is 0 Å². The molecule has 0 aromatic carbocycles. The lowest BCUT2D eigenvalue weighted by molar-refractivity contribution is -0.139. The maximum Gasteiger partial charge on any atom is 0.311 e. The van der Waals surface area contributed by atoms with Gasteiger partial charge >= 0.3 is 5.97 Å². The minimum atomic E-state index is -0.265. The van der Waals surface area contributed by atoms with Crippen molar-refractivity contribution in [2.24, 2.45) is 0 Å². The van der Waals surface area contributed by atoms with Gasteiger partial charge in [-0.05, 0) is 24.6 Å². The van der Waals surface area contributed by atoms with E-state index in [0.717, 1.165) is 23.9 Å². The van der Waals surface area contributed by atoms with E-state index in [0.29, 0.717) is 0 Å². The SMILES string of the molecule is CCN(Cc1ccncc1)c1nc(CC(=O)OC)cs1. The predicted octanol–water partition coefficient (Wildman–Crippen LogP) is 2.28. The number of nitrogens with zero attached hydrogens (tertiary/aromatic N) is 3. The highest BCUT2D eigenvalue weighted by molar-refractivity contribution is 7.13. The van der Waals surface area contributed by atoms with Crippen LogP contribution in [0, 0.1) is 0 Å². The molecule has 2 heterocycles. The molecule has 5 nitrogen and oxygen atoms in total. The third kappa shape index (κ3) is 3.77. The summed E-state index contributed by atoms with van der Waals surface area (Å²) in [6, 6.07) is 3.98. The standard InChI is InChI=1S/C14H17N3O2S/c1-3-17(9-11-4-6-15-7-5-11)14-16-12(10-20-14)8-13(18)19-2/h4-7,10H,3,8-9H2,1-2H3. The van der Waals surface area contributed by atoms with Gasteiger partial charge in [-0.1, -0.05) is 0 Å². The molecule has 2 aromatic heterocycles.